The number of benzene rings is 1. The molecule has 0 amide bonds. The lowest BCUT2D eigenvalue weighted by molar-refractivity contribution is 0.247. The monoisotopic (exact) mass is 193 g/mol. The Kier molecular flexibility index (Phi) is 3.67. The van der Waals surface area contributed by atoms with E-state index in [0.717, 1.165) is 6.54 Å². The zero-order chi connectivity index (χ0) is 10.6. The maximum atomic E-state index is 8.72. The van der Waals surface area contributed by atoms with E-state index in [0.29, 0.717) is 0 Å². The Morgan fingerprint density at radius 2 is 2.07 bits per heavy atom. The third-order valence-corrected chi connectivity index (χ3v) is 2.48. The summed E-state index contributed by atoms with van der Waals surface area (Å²) in [5.41, 5.74) is 2.65. The third kappa shape index (κ3) is 2.82. The molecule has 2 nitrogen and oxygen atoms in total. The number of aryl methyl sites for hydroxylation is 1. The van der Waals surface area contributed by atoms with Crippen molar-refractivity contribution in [3.05, 3.63) is 35.4 Å². The molecule has 0 radical (unpaired) electrons. The number of hydrogen-bond acceptors (Lipinski definition) is 2. The molecule has 0 atom stereocenters. The van der Waals surface area contributed by atoms with Gasteiger partial charge in [0.25, 0.3) is 0 Å². The number of hydrogen-bond donors (Lipinski definition) is 2. The van der Waals surface area contributed by atoms with Crippen molar-refractivity contribution in [3.8, 4) is 0 Å². The van der Waals surface area contributed by atoms with Gasteiger partial charge >= 0.3 is 0 Å². The van der Waals surface area contributed by atoms with Crippen LogP contribution >= 0.6 is 0 Å². The Morgan fingerprint density at radius 3 is 2.64 bits per heavy atom. The smallest absolute Gasteiger partial charge is 0.0931 e. The molecular formula is C12H19NO. The second-order valence-corrected chi connectivity index (χ2v) is 4.34. The maximum Gasteiger partial charge on any atom is 0.0931 e. The van der Waals surface area contributed by atoms with Gasteiger partial charge in [0.15, 0.2) is 0 Å². The van der Waals surface area contributed by atoms with Crippen molar-refractivity contribution in [1.29, 1.82) is 0 Å². The highest BCUT2D eigenvalue weighted by molar-refractivity contribution is 5.28. The van der Waals surface area contributed by atoms with Gasteiger partial charge in [-0.15, -0.1) is 0 Å². The largest absolute Gasteiger partial charge is 0.381 e. The van der Waals surface area contributed by atoms with Crippen LogP contribution in [0.4, 0.5) is 0 Å². The average molecular weight is 193 g/mol. The summed E-state index contributed by atoms with van der Waals surface area (Å²) in [6.07, 6.45) is 0. The van der Waals surface area contributed by atoms with E-state index < -0.39 is 0 Å². The Morgan fingerprint density at radius 1 is 1.36 bits per heavy atom. The Labute approximate surface area is 86.0 Å². The minimum Gasteiger partial charge on any atom is -0.381 e. The molecule has 0 aliphatic heterocycles. The van der Waals surface area contributed by atoms with Crippen LogP contribution in [0.3, 0.4) is 0 Å². The summed E-state index contributed by atoms with van der Waals surface area (Å²) >= 11 is 0. The van der Waals surface area contributed by atoms with Crippen molar-refractivity contribution in [3.63, 3.8) is 0 Å². The zero-order valence-corrected chi connectivity index (χ0v) is 9.17. The van der Waals surface area contributed by atoms with E-state index in [-0.39, 0.29) is 12.1 Å². The molecular weight excluding hydrogens is 174 g/mol. The molecule has 0 aliphatic carbocycles. The minimum atomic E-state index is 0.0370. The van der Waals surface area contributed by atoms with Crippen LogP contribution in [0.5, 0.6) is 0 Å². The fraction of sp³-hybridized carbons (Fsp3) is 0.500. The zero-order valence-electron chi connectivity index (χ0n) is 9.17. The van der Waals surface area contributed by atoms with Crippen molar-refractivity contribution in [2.45, 2.75) is 26.2 Å². The lowest BCUT2D eigenvalue weighted by atomic mass is 9.84. The molecule has 1 aromatic carbocycles. The fourth-order valence-electron chi connectivity index (χ4n) is 1.54. The first-order chi connectivity index (χ1) is 6.56. The minimum absolute atomic E-state index is 0.0370. The van der Waals surface area contributed by atoms with Crippen LogP contribution < -0.4 is 5.32 Å². The highest BCUT2D eigenvalue weighted by atomic mass is 16.3. The van der Waals surface area contributed by atoms with Crippen LogP contribution in [0.25, 0.3) is 0 Å². The van der Waals surface area contributed by atoms with Gasteiger partial charge in [-0.2, -0.15) is 0 Å². The molecule has 2 N–H and O–H groups in total. The van der Waals surface area contributed by atoms with Gasteiger partial charge in [0.05, 0.1) is 6.73 Å². The normalized spacial score (nSPS) is 11.7. The number of nitrogens with one attached hydrogen (secondary N) is 1. The van der Waals surface area contributed by atoms with Crippen molar-refractivity contribution >= 4 is 0 Å². The van der Waals surface area contributed by atoms with E-state index in [9.17, 15) is 0 Å². The molecule has 0 heterocycles. The molecule has 1 rings (SSSR count). The van der Waals surface area contributed by atoms with E-state index in [1.165, 1.54) is 11.1 Å². The van der Waals surface area contributed by atoms with Crippen LogP contribution in [-0.2, 0) is 5.41 Å². The summed E-state index contributed by atoms with van der Waals surface area (Å²) in [4.78, 5) is 0. The van der Waals surface area contributed by atoms with Gasteiger partial charge in [0, 0.05) is 12.0 Å². The predicted molar refractivity (Wildman–Crippen MR) is 59.3 cm³/mol. The molecule has 1 aromatic rings. The van der Waals surface area contributed by atoms with Crippen LogP contribution in [0.1, 0.15) is 25.0 Å². The fourth-order valence-corrected chi connectivity index (χ4v) is 1.54. The van der Waals surface area contributed by atoms with Crippen molar-refractivity contribution in [2.75, 3.05) is 13.3 Å². The Hall–Kier alpha value is -0.860. The van der Waals surface area contributed by atoms with Gasteiger partial charge in [-0.05, 0) is 12.5 Å². The van der Waals surface area contributed by atoms with E-state index in [1.807, 2.05) is 0 Å². The Bertz CT molecular complexity index is 294. The molecule has 14 heavy (non-hydrogen) atoms. The van der Waals surface area contributed by atoms with Gasteiger partial charge in [-0.25, -0.2) is 0 Å². The summed E-state index contributed by atoms with van der Waals surface area (Å²) in [6.45, 7) is 7.26. The molecule has 2 heteroatoms. The van der Waals surface area contributed by atoms with Gasteiger partial charge in [0.2, 0.25) is 0 Å². The van der Waals surface area contributed by atoms with Gasteiger partial charge in [-0.1, -0.05) is 43.7 Å². The highest BCUT2D eigenvalue weighted by Crippen LogP contribution is 2.22. The first kappa shape index (κ1) is 11.2. The molecule has 0 spiro atoms. The van der Waals surface area contributed by atoms with E-state index in [2.05, 4.69) is 50.4 Å². The van der Waals surface area contributed by atoms with Crippen LogP contribution in [-0.4, -0.2) is 18.4 Å². The second-order valence-electron chi connectivity index (χ2n) is 4.34. The first-order valence-electron chi connectivity index (χ1n) is 4.95. The molecule has 0 unspecified atom stereocenters. The van der Waals surface area contributed by atoms with Gasteiger partial charge < -0.3 is 5.11 Å². The summed E-state index contributed by atoms with van der Waals surface area (Å²) in [5.74, 6) is 0. The van der Waals surface area contributed by atoms with E-state index in [1.54, 1.807) is 0 Å². The summed E-state index contributed by atoms with van der Waals surface area (Å²) in [7, 11) is 0. The maximum absolute atomic E-state index is 8.72. The quantitative estimate of drug-likeness (QED) is 0.715. The molecule has 0 aromatic heterocycles. The third-order valence-electron chi connectivity index (χ3n) is 2.48. The number of aliphatic hydroxyl groups is 1. The Balaban J connectivity index is 2.80. The predicted octanol–water partition coefficient (Wildman–Crippen LogP) is 1.81. The first-order valence-corrected chi connectivity index (χ1v) is 4.95. The number of aliphatic hydroxyl groups excluding tert-OH is 1. The summed E-state index contributed by atoms with van der Waals surface area (Å²) < 4.78 is 0. The molecule has 0 aliphatic rings. The topological polar surface area (TPSA) is 32.3 Å². The summed E-state index contributed by atoms with van der Waals surface area (Å²) in [6, 6.07) is 8.50. The molecule has 78 valence electrons. The number of rotatable bonds is 4. The van der Waals surface area contributed by atoms with E-state index in [4.69, 9.17) is 5.11 Å². The lowest BCUT2D eigenvalue weighted by Gasteiger charge is -2.25. The molecule has 0 fully saturated rings. The molecule has 0 saturated carbocycles. The second kappa shape index (κ2) is 4.58. The van der Waals surface area contributed by atoms with Crippen molar-refractivity contribution < 1.29 is 5.11 Å². The van der Waals surface area contributed by atoms with Gasteiger partial charge in [-0.3, -0.25) is 5.32 Å². The van der Waals surface area contributed by atoms with Crippen LogP contribution in [0.15, 0.2) is 24.3 Å². The summed E-state index contributed by atoms with van der Waals surface area (Å²) in [5, 5.41) is 11.7. The van der Waals surface area contributed by atoms with Crippen molar-refractivity contribution in [1.82, 2.24) is 5.32 Å². The standard InChI is InChI=1S/C12H19NO/c1-10-5-4-6-11(7-10)12(2,3)8-13-9-14/h4-7,13-14H,8-9H2,1-3H3. The van der Waals surface area contributed by atoms with Crippen LogP contribution in [0, 0.1) is 6.92 Å². The highest BCUT2D eigenvalue weighted by Gasteiger charge is 2.19. The van der Waals surface area contributed by atoms with Crippen LogP contribution in [0.2, 0.25) is 0 Å². The molecule has 0 bridgehead atoms. The van der Waals surface area contributed by atoms with E-state index >= 15 is 0 Å². The van der Waals surface area contributed by atoms with Gasteiger partial charge in [0.1, 0.15) is 0 Å². The lowest BCUT2D eigenvalue weighted by Crippen LogP contribution is -2.33. The average Bonchev–Trinajstić information content (AvgIpc) is 2.15. The molecule has 0 saturated heterocycles. The van der Waals surface area contributed by atoms with Crippen molar-refractivity contribution in [2.24, 2.45) is 0 Å². The SMILES string of the molecule is Cc1cccc(C(C)(C)CNCO)c1.